The van der Waals surface area contributed by atoms with Crippen molar-refractivity contribution in [3.63, 3.8) is 0 Å². The highest BCUT2D eigenvalue weighted by molar-refractivity contribution is 5.94. The van der Waals surface area contributed by atoms with E-state index in [-0.39, 0.29) is 5.91 Å². The molecule has 2 nitrogen and oxygen atoms in total. The van der Waals surface area contributed by atoms with Gasteiger partial charge in [-0.3, -0.25) is 4.79 Å². The summed E-state index contributed by atoms with van der Waals surface area (Å²) in [5.74, 6) is 0.565. The predicted octanol–water partition coefficient (Wildman–Crippen LogP) is 2.77. The van der Waals surface area contributed by atoms with Gasteiger partial charge in [0.2, 0.25) is 0 Å². The summed E-state index contributed by atoms with van der Waals surface area (Å²) >= 11 is 0. The van der Waals surface area contributed by atoms with Crippen molar-refractivity contribution in [3.8, 4) is 0 Å². The molecule has 1 rings (SSSR count). The minimum atomic E-state index is 0.0234. The van der Waals surface area contributed by atoms with Gasteiger partial charge in [-0.25, -0.2) is 0 Å². The Morgan fingerprint density at radius 3 is 2.47 bits per heavy atom. The third-order valence-electron chi connectivity index (χ3n) is 2.62. The Hall–Kier alpha value is -1.31. The molecule has 0 unspecified atom stereocenters. The maximum atomic E-state index is 11.7. The molecular formula is C13H19NO. The summed E-state index contributed by atoms with van der Waals surface area (Å²) in [5.41, 5.74) is 1.91. The Balaban J connectivity index is 2.50. The molecule has 0 saturated carbocycles. The summed E-state index contributed by atoms with van der Waals surface area (Å²) in [7, 11) is 0. The number of aryl methyl sites for hydroxylation is 1. The van der Waals surface area contributed by atoms with Crippen molar-refractivity contribution in [2.45, 2.75) is 27.2 Å². The molecule has 0 aliphatic heterocycles. The Morgan fingerprint density at radius 1 is 1.33 bits per heavy atom. The van der Waals surface area contributed by atoms with Crippen molar-refractivity contribution in [2.75, 3.05) is 6.54 Å². The molecule has 82 valence electrons. The van der Waals surface area contributed by atoms with Gasteiger partial charge in [0.15, 0.2) is 0 Å². The van der Waals surface area contributed by atoms with Gasteiger partial charge in [0, 0.05) is 12.1 Å². The van der Waals surface area contributed by atoms with E-state index in [0.717, 1.165) is 18.5 Å². The largest absolute Gasteiger partial charge is 0.352 e. The normalized spacial score (nSPS) is 12.2. The van der Waals surface area contributed by atoms with E-state index < -0.39 is 0 Å². The molecule has 1 atom stereocenters. The van der Waals surface area contributed by atoms with Crippen LogP contribution in [0.3, 0.4) is 0 Å². The second-order valence-electron chi connectivity index (χ2n) is 4.09. The lowest BCUT2D eigenvalue weighted by Crippen LogP contribution is -2.27. The van der Waals surface area contributed by atoms with Crippen LogP contribution in [0.25, 0.3) is 0 Å². The average Bonchev–Trinajstić information content (AvgIpc) is 2.26. The molecule has 0 heterocycles. The van der Waals surface area contributed by atoms with Crippen molar-refractivity contribution in [1.29, 1.82) is 0 Å². The van der Waals surface area contributed by atoms with Gasteiger partial charge in [-0.15, -0.1) is 0 Å². The van der Waals surface area contributed by atoms with Crippen LogP contribution in [0.15, 0.2) is 24.3 Å². The fourth-order valence-electron chi connectivity index (χ4n) is 1.22. The average molecular weight is 205 g/mol. The van der Waals surface area contributed by atoms with Crippen molar-refractivity contribution in [1.82, 2.24) is 5.32 Å². The van der Waals surface area contributed by atoms with Crippen LogP contribution >= 0.6 is 0 Å². The monoisotopic (exact) mass is 205 g/mol. The first-order valence-corrected chi connectivity index (χ1v) is 5.48. The minimum absolute atomic E-state index is 0.0234. The van der Waals surface area contributed by atoms with Crippen LogP contribution in [0, 0.1) is 12.8 Å². The summed E-state index contributed by atoms with van der Waals surface area (Å²) in [5, 5.41) is 2.93. The van der Waals surface area contributed by atoms with E-state index in [1.54, 1.807) is 0 Å². The Labute approximate surface area is 91.7 Å². The van der Waals surface area contributed by atoms with Crippen LogP contribution in [-0.2, 0) is 0 Å². The number of hydrogen-bond donors (Lipinski definition) is 1. The second-order valence-corrected chi connectivity index (χ2v) is 4.09. The van der Waals surface area contributed by atoms with Crippen molar-refractivity contribution in [2.24, 2.45) is 5.92 Å². The van der Waals surface area contributed by atoms with Gasteiger partial charge in [-0.05, 0) is 25.0 Å². The highest BCUT2D eigenvalue weighted by atomic mass is 16.1. The van der Waals surface area contributed by atoms with E-state index in [1.165, 1.54) is 5.56 Å². The number of carbonyl (C=O) groups is 1. The molecule has 15 heavy (non-hydrogen) atoms. The molecule has 0 aromatic heterocycles. The van der Waals surface area contributed by atoms with Gasteiger partial charge < -0.3 is 5.32 Å². The van der Waals surface area contributed by atoms with Gasteiger partial charge in [0.25, 0.3) is 5.91 Å². The van der Waals surface area contributed by atoms with E-state index in [1.807, 2.05) is 31.2 Å². The number of rotatable bonds is 4. The summed E-state index contributed by atoms with van der Waals surface area (Å²) in [4.78, 5) is 11.7. The first kappa shape index (κ1) is 11.8. The smallest absolute Gasteiger partial charge is 0.251 e. The zero-order chi connectivity index (χ0) is 11.3. The zero-order valence-electron chi connectivity index (χ0n) is 9.71. The van der Waals surface area contributed by atoms with Gasteiger partial charge in [-0.2, -0.15) is 0 Å². The zero-order valence-corrected chi connectivity index (χ0v) is 9.71. The minimum Gasteiger partial charge on any atom is -0.352 e. The van der Waals surface area contributed by atoms with E-state index in [2.05, 4.69) is 19.2 Å². The first-order chi connectivity index (χ1) is 7.13. The van der Waals surface area contributed by atoms with Crippen LogP contribution in [0.5, 0.6) is 0 Å². The van der Waals surface area contributed by atoms with Gasteiger partial charge in [0.05, 0.1) is 0 Å². The Bertz CT molecular complexity index is 316. The van der Waals surface area contributed by atoms with E-state index in [4.69, 9.17) is 0 Å². The van der Waals surface area contributed by atoms with Crippen LogP contribution in [-0.4, -0.2) is 12.5 Å². The third kappa shape index (κ3) is 3.74. The van der Waals surface area contributed by atoms with Crippen LogP contribution in [0.4, 0.5) is 0 Å². The van der Waals surface area contributed by atoms with E-state index in [9.17, 15) is 4.79 Å². The number of benzene rings is 1. The fourth-order valence-corrected chi connectivity index (χ4v) is 1.22. The SMILES string of the molecule is CC[C@H](C)CNC(=O)c1ccc(C)cc1. The predicted molar refractivity (Wildman–Crippen MR) is 63.0 cm³/mol. The lowest BCUT2D eigenvalue weighted by atomic mass is 10.1. The molecule has 0 radical (unpaired) electrons. The summed E-state index contributed by atoms with van der Waals surface area (Å²) in [6, 6.07) is 7.64. The molecule has 0 aliphatic carbocycles. The number of hydrogen-bond acceptors (Lipinski definition) is 1. The summed E-state index contributed by atoms with van der Waals surface area (Å²) in [6.07, 6.45) is 1.09. The topological polar surface area (TPSA) is 29.1 Å². The molecule has 0 saturated heterocycles. The van der Waals surface area contributed by atoms with E-state index >= 15 is 0 Å². The molecule has 0 fully saturated rings. The number of amides is 1. The quantitative estimate of drug-likeness (QED) is 0.804. The lowest BCUT2D eigenvalue weighted by Gasteiger charge is -2.10. The lowest BCUT2D eigenvalue weighted by molar-refractivity contribution is 0.0948. The van der Waals surface area contributed by atoms with Gasteiger partial charge in [0.1, 0.15) is 0 Å². The molecular weight excluding hydrogens is 186 g/mol. The molecule has 0 aliphatic rings. The molecule has 0 bridgehead atoms. The third-order valence-corrected chi connectivity index (χ3v) is 2.62. The Kier molecular flexibility index (Phi) is 4.35. The van der Waals surface area contributed by atoms with Crippen molar-refractivity contribution >= 4 is 5.91 Å². The van der Waals surface area contributed by atoms with Crippen LogP contribution in [0.2, 0.25) is 0 Å². The number of carbonyl (C=O) groups excluding carboxylic acids is 1. The molecule has 1 aromatic rings. The van der Waals surface area contributed by atoms with Crippen LogP contribution in [0.1, 0.15) is 36.2 Å². The highest BCUT2D eigenvalue weighted by Crippen LogP contribution is 2.04. The molecule has 2 heteroatoms. The summed E-state index contributed by atoms with van der Waals surface area (Å²) < 4.78 is 0. The standard InChI is InChI=1S/C13H19NO/c1-4-10(2)9-14-13(15)12-7-5-11(3)6-8-12/h5-8,10H,4,9H2,1-3H3,(H,14,15)/t10-/m0/s1. The molecule has 1 amide bonds. The molecule has 1 aromatic carbocycles. The maximum absolute atomic E-state index is 11.7. The fraction of sp³-hybridized carbons (Fsp3) is 0.462. The van der Waals surface area contributed by atoms with Gasteiger partial charge in [-0.1, -0.05) is 38.0 Å². The Morgan fingerprint density at radius 2 is 1.93 bits per heavy atom. The van der Waals surface area contributed by atoms with Crippen molar-refractivity contribution < 1.29 is 4.79 Å². The number of nitrogens with one attached hydrogen (secondary N) is 1. The van der Waals surface area contributed by atoms with E-state index in [0.29, 0.717) is 5.92 Å². The molecule has 0 spiro atoms. The first-order valence-electron chi connectivity index (χ1n) is 5.48. The van der Waals surface area contributed by atoms with Crippen molar-refractivity contribution in [3.05, 3.63) is 35.4 Å². The van der Waals surface area contributed by atoms with Crippen LogP contribution < -0.4 is 5.32 Å². The highest BCUT2D eigenvalue weighted by Gasteiger charge is 2.05. The maximum Gasteiger partial charge on any atom is 0.251 e. The molecule has 1 N–H and O–H groups in total. The summed E-state index contributed by atoms with van der Waals surface area (Å²) in [6.45, 7) is 7.03. The van der Waals surface area contributed by atoms with Gasteiger partial charge >= 0.3 is 0 Å². The second kappa shape index (κ2) is 5.54.